The van der Waals surface area contributed by atoms with Gasteiger partial charge in [-0.15, -0.1) is 0 Å². The van der Waals surface area contributed by atoms with E-state index in [1.807, 2.05) is 0 Å². The maximum absolute atomic E-state index is 10.6. The molecule has 1 heterocycles. The number of ether oxygens (including phenoxy) is 4. The van der Waals surface area contributed by atoms with Gasteiger partial charge in [-0.05, 0) is 25.8 Å². The summed E-state index contributed by atoms with van der Waals surface area (Å²) in [6.45, 7) is -1.64. The summed E-state index contributed by atoms with van der Waals surface area (Å²) in [5, 5.41) is 119. The van der Waals surface area contributed by atoms with Gasteiger partial charge < -0.3 is 86.0 Å². The van der Waals surface area contributed by atoms with E-state index in [1.54, 1.807) is 0 Å². The highest BCUT2D eigenvalue weighted by Crippen LogP contribution is 2.29. The Bertz CT molecular complexity index is 780. The number of aliphatic hydroxyl groups is 12. The van der Waals surface area contributed by atoms with E-state index in [0.29, 0.717) is 25.8 Å². The first-order valence-corrected chi connectivity index (χ1v) is 12.7. The number of hydrogen-bond acceptors (Lipinski definition) is 17. The number of unbranched alkanes of at least 4 members (excludes halogenated alkanes) is 2. The zero-order valence-corrected chi connectivity index (χ0v) is 21.8. The lowest BCUT2D eigenvalue weighted by atomic mass is 9.99. The summed E-state index contributed by atoms with van der Waals surface area (Å²) in [6.07, 6.45) is -16.2. The summed E-state index contributed by atoms with van der Waals surface area (Å²) in [6, 6.07) is 0. The molecule has 9 unspecified atom stereocenters. The highest BCUT2D eigenvalue weighted by atomic mass is 16.7. The van der Waals surface area contributed by atoms with Crippen LogP contribution in [0, 0.1) is 0 Å². The van der Waals surface area contributed by atoms with Crippen LogP contribution in [0.15, 0.2) is 23.0 Å². The second kappa shape index (κ2) is 18.6. The Morgan fingerprint density at radius 1 is 0.775 bits per heavy atom. The summed E-state index contributed by atoms with van der Waals surface area (Å²) < 4.78 is 21.0. The molecule has 17 nitrogen and oxygen atoms in total. The van der Waals surface area contributed by atoms with Gasteiger partial charge in [0.25, 0.3) is 0 Å². The van der Waals surface area contributed by atoms with Gasteiger partial charge in [-0.2, -0.15) is 0 Å². The van der Waals surface area contributed by atoms with E-state index in [9.17, 15) is 51.1 Å². The van der Waals surface area contributed by atoms with Crippen molar-refractivity contribution in [3.63, 3.8) is 0 Å². The lowest BCUT2D eigenvalue weighted by Crippen LogP contribution is -2.61. The molecule has 17 heteroatoms. The number of nitrogens with two attached hydrogens (primary N) is 1. The quantitative estimate of drug-likeness (QED) is 0.0390. The Hall–Kier alpha value is -1.84. The van der Waals surface area contributed by atoms with E-state index in [2.05, 4.69) is 0 Å². The van der Waals surface area contributed by atoms with Gasteiger partial charge in [0.05, 0.1) is 13.2 Å². The van der Waals surface area contributed by atoms with Crippen molar-refractivity contribution in [2.75, 3.05) is 33.0 Å². The monoisotopic (exact) mass is 589 g/mol. The Balaban J connectivity index is 3.11. The van der Waals surface area contributed by atoms with Crippen molar-refractivity contribution in [1.29, 1.82) is 0 Å². The largest absolute Gasteiger partial charge is 0.506 e. The van der Waals surface area contributed by atoms with Crippen molar-refractivity contribution in [2.24, 2.45) is 5.73 Å². The van der Waals surface area contributed by atoms with Crippen molar-refractivity contribution in [2.45, 2.75) is 87.6 Å². The van der Waals surface area contributed by atoms with Crippen molar-refractivity contribution < 1.29 is 80.2 Å². The molecule has 0 spiro atoms. The molecule has 0 amide bonds. The van der Waals surface area contributed by atoms with Crippen LogP contribution in [0.3, 0.4) is 0 Å². The molecule has 1 saturated heterocycles. The molecular formula is C23H43NO16. The molecule has 0 radical (unpaired) electrons. The Kier molecular flexibility index (Phi) is 16.8. The molecule has 236 valence electrons. The molecule has 1 aliphatic rings. The third-order valence-corrected chi connectivity index (χ3v) is 5.88. The Morgan fingerprint density at radius 3 is 1.93 bits per heavy atom. The van der Waals surface area contributed by atoms with E-state index >= 15 is 0 Å². The molecule has 14 N–H and O–H groups in total. The minimum atomic E-state index is -2.39. The predicted octanol–water partition coefficient (Wildman–Crippen LogP) is -3.81. The van der Waals surface area contributed by atoms with Crippen LogP contribution in [0.2, 0.25) is 0 Å². The highest BCUT2D eigenvalue weighted by Gasteiger charge is 2.48. The molecule has 1 rings (SSSR count). The van der Waals surface area contributed by atoms with Gasteiger partial charge in [0.2, 0.25) is 18.9 Å². The van der Waals surface area contributed by atoms with Crippen molar-refractivity contribution >= 4 is 0 Å². The standard InChI is InChI=1S/C23H43NO16/c24-6-2-1-3-9-37-22(36)20(15(31)12(29)5-8-26)40-23-18(34)16(32)19(13(10-27)38-23)39-21(35)17(33)14(30)11(28)4-7-25/h11-13,16,18-19,21-23,25-36H,1-10,24H2/b17-14-,20-15-. The third kappa shape index (κ3) is 10.5. The van der Waals surface area contributed by atoms with Gasteiger partial charge in [0, 0.05) is 26.1 Å². The van der Waals surface area contributed by atoms with Crippen LogP contribution in [0.4, 0.5) is 0 Å². The molecule has 0 bridgehead atoms. The van der Waals surface area contributed by atoms with Crippen molar-refractivity contribution in [3.8, 4) is 0 Å². The van der Waals surface area contributed by atoms with Gasteiger partial charge >= 0.3 is 0 Å². The summed E-state index contributed by atoms with van der Waals surface area (Å²) in [5.41, 5.74) is 5.42. The van der Waals surface area contributed by atoms with Crippen LogP contribution in [-0.2, 0) is 18.9 Å². The number of rotatable bonds is 19. The summed E-state index contributed by atoms with van der Waals surface area (Å²) >= 11 is 0. The van der Waals surface area contributed by atoms with Gasteiger partial charge in [0.1, 0.15) is 36.6 Å². The van der Waals surface area contributed by atoms with Crippen LogP contribution in [0.5, 0.6) is 0 Å². The van der Waals surface area contributed by atoms with E-state index in [4.69, 9.17) is 34.9 Å². The van der Waals surface area contributed by atoms with Crippen LogP contribution >= 0.6 is 0 Å². The number of aliphatic hydroxyl groups excluding tert-OH is 12. The predicted molar refractivity (Wildman–Crippen MR) is 132 cm³/mol. The second-order valence-electron chi connectivity index (χ2n) is 8.93. The molecule has 0 saturated carbocycles. The molecular weight excluding hydrogens is 546 g/mol. The molecule has 40 heavy (non-hydrogen) atoms. The third-order valence-electron chi connectivity index (χ3n) is 5.88. The lowest BCUT2D eigenvalue weighted by molar-refractivity contribution is -0.320. The van der Waals surface area contributed by atoms with Crippen molar-refractivity contribution in [3.05, 3.63) is 23.0 Å². The summed E-state index contributed by atoms with van der Waals surface area (Å²) in [7, 11) is 0. The highest BCUT2D eigenvalue weighted by molar-refractivity contribution is 5.09. The second-order valence-corrected chi connectivity index (χ2v) is 8.93. The maximum Gasteiger partial charge on any atom is 0.229 e. The van der Waals surface area contributed by atoms with Crippen LogP contribution in [0.1, 0.15) is 32.1 Å². The normalized spacial score (nSPS) is 27.8. The fourth-order valence-electron chi connectivity index (χ4n) is 3.57. The van der Waals surface area contributed by atoms with E-state index < -0.39 is 105 Å². The van der Waals surface area contributed by atoms with Gasteiger partial charge in [-0.25, -0.2) is 0 Å². The van der Waals surface area contributed by atoms with Crippen molar-refractivity contribution in [1.82, 2.24) is 0 Å². The first kappa shape index (κ1) is 36.2. The van der Waals surface area contributed by atoms with Crippen LogP contribution < -0.4 is 5.73 Å². The smallest absolute Gasteiger partial charge is 0.229 e. The lowest BCUT2D eigenvalue weighted by Gasteiger charge is -2.42. The van der Waals surface area contributed by atoms with Gasteiger partial charge in [0.15, 0.2) is 23.0 Å². The molecule has 1 fully saturated rings. The topological polar surface area (TPSA) is 306 Å². The van der Waals surface area contributed by atoms with E-state index in [-0.39, 0.29) is 13.0 Å². The molecule has 0 aromatic heterocycles. The average Bonchev–Trinajstić information content (AvgIpc) is 2.93. The SMILES string of the molecule is NCCCCCOC(O)/C(OC1OC(CO)C(OC(O)/C(O)=C(/O)C(O)CCO)C(O)C1O)=C(/O)C(O)CCO. The van der Waals surface area contributed by atoms with Crippen LogP contribution in [-0.4, -0.2) is 150 Å². The fraction of sp³-hybridized carbons (Fsp3) is 0.826. The van der Waals surface area contributed by atoms with Gasteiger partial charge in [-0.3, -0.25) is 0 Å². The first-order valence-electron chi connectivity index (χ1n) is 12.7. The van der Waals surface area contributed by atoms with Gasteiger partial charge in [-0.1, -0.05) is 0 Å². The maximum atomic E-state index is 10.6. The fourth-order valence-corrected chi connectivity index (χ4v) is 3.57. The zero-order chi connectivity index (χ0) is 30.4. The minimum Gasteiger partial charge on any atom is -0.506 e. The Labute approximate surface area is 230 Å². The average molecular weight is 590 g/mol. The minimum absolute atomic E-state index is 0.0297. The molecule has 0 aromatic rings. The molecule has 0 aliphatic carbocycles. The summed E-state index contributed by atoms with van der Waals surface area (Å²) in [5.74, 6) is -4.22. The van der Waals surface area contributed by atoms with Crippen LogP contribution in [0.25, 0.3) is 0 Å². The van der Waals surface area contributed by atoms with E-state index in [1.165, 1.54) is 0 Å². The zero-order valence-electron chi connectivity index (χ0n) is 21.8. The molecule has 1 aliphatic heterocycles. The summed E-state index contributed by atoms with van der Waals surface area (Å²) in [4.78, 5) is 0. The van der Waals surface area contributed by atoms with E-state index in [0.717, 1.165) is 0 Å². The first-order chi connectivity index (χ1) is 18.9. The molecule has 0 aromatic carbocycles. The Morgan fingerprint density at radius 2 is 1.38 bits per heavy atom. The molecule has 9 atom stereocenters. The number of hydrogen-bond donors (Lipinski definition) is 13.